The third-order valence-corrected chi connectivity index (χ3v) is 7.25. The van der Waals surface area contributed by atoms with Gasteiger partial charge in [0, 0.05) is 19.0 Å². The van der Waals surface area contributed by atoms with Crippen LogP contribution in [0.15, 0.2) is 84.9 Å². The molecule has 0 bridgehead atoms. The summed E-state index contributed by atoms with van der Waals surface area (Å²) in [5.41, 5.74) is 3.23. The molecule has 1 aliphatic rings. The van der Waals surface area contributed by atoms with Gasteiger partial charge in [-0.25, -0.2) is 0 Å². The van der Waals surface area contributed by atoms with E-state index in [9.17, 15) is 9.59 Å². The molecule has 1 N–H and O–H groups in total. The van der Waals surface area contributed by atoms with E-state index in [1.807, 2.05) is 84.9 Å². The fourth-order valence-electron chi connectivity index (χ4n) is 4.98. The first-order valence-electron chi connectivity index (χ1n) is 13.7. The molecule has 0 spiro atoms. The molecule has 1 aliphatic carbocycles. The molecule has 38 heavy (non-hydrogen) atoms. The zero-order chi connectivity index (χ0) is 27.0. The van der Waals surface area contributed by atoms with Gasteiger partial charge in [0.05, 0.1) is 0 Å². The summed E-state index contributed by atoms with van der Waals surface area (Å²) in [7, 11) is 0. The van der Waals surface area contributed by atoms with Crippen LogP contribution in [-0.4, -0.2) is 35.4 Å². The highest BCUT2D eigenvalue weighted by atomic mass is 16.5. The van der Waals surface area contributed by atoms with Crippen molar-refractivity contribution in [1.29, 1.82) is 0 Å². The summed E-state index contributed by atoms with van der Waals surface area (Å²) in [6, 6.07) is 27.2. The quantitative estimate of drug-likeness (QED) is 0.359. The van der Waals surface area contributed by atoms with Gasteiger partial charge in [-0.1, -0.05) is 106 Å². The minimum Gasteiger partial charge on any atom is -0.484 e. The molecular weight excluding hydrogens is 472 g/mol. The fourth-order valence-corrected chi connectivity index (χ4v) is 4.98. The van der Waals surface area contributed by atoms with Crippen molar-refractivity contribution in [2.75, 3.05) is 6.61 Å². The molecular formula is C33H40N2O3. The van der Waals surface area contributed by atoms with Gasteiger partial charge in [0.2, 0.25) is 5.91 Å². The predicted molar refractivity (Wildman–Crippen MR) is 152 cm³/mol. The van der Waals surface area contributed by atoms with Crippen molar-refractivity contribution in [3.63, 3.8) is 0 Å². The largest absolute Gasteiger partial charge is 0.484 e. The summed E-state index contributed by atoms with van der Waals surface area (Å²) < 4.78 is 5.94. The number of amides is 2. The van der Waals surface area contributed by atoms with Crippen molar-refractivity contribution in [2.45, 2.75) is 76.9 Å². The van der Waals surface area contributed by atoms with Crippen molar-refractivity contribution in [2.24, 2.45) is 0 Å². The summed E-state index contributed by atoms with van der Waals surface area (Å²) in [5.74, 6) is 0.330. The van der Waals surface area contributed by atoms with Crippen LogP contribution in [0.2, 0.25) is 0 Å². The van der Waals surface area contributed by atoms with Gasteiger partial charge in [0.1, 0.15) is 11.8 Å². The van der Waals surface area contributed by atoms with Gasteiger partial charge in [0.15, 0.2) is 6.61 Å². The average molecular weight is 513 g/mol. The Morgan fingerprint density at radius 3 is 2.03 bits per heavy atom. The number of rotatable bonds is 10. The van der Waals surface area contributed by atoms with E-state index in [0.717, 1.165) is 36.8 Å². The van der Waals surface area contributed by atoms with Crippen LogP contribution < -0.4 is 10.1 Å². The number of carbonyl (C=O) groups excluding carboxylic acids is 2. The Balaban J connectivity index is 1.56. The zero-order valence-corrected chi connectivity index (χ0v) is 22.9. The Morgan fingerprint density at radius 1 is 0.868 bits per heavy atom. The Labute approximate surface area is 227 Å². The number of carbonyl (C=O) groups is 2. The Hall–Kier alpha value is -3.60. The first-order chi connectivity index (χ1) is 18.3. The molecule has 0 saturated heterocycles. The highest BCUT2D eigenvalue weighted by Crippen LogP contribution is 2.25. The van der Waals surface area contributed by atoms with Crippen LogP contribution in [0.4, 0.5) is 0 Å². The molecule has 0 aromatic heterocycles. The second-order valence-corrected chi connectivity index (χ2v) is 11.3. The lowest BCUT2D eigenvalue weighted by molar-refractivity contribution is -0.143. The Bertz CT molecular complexity index is 1160. The second-order valence-electron chi connectivity index (χ2n) is 11.3. The smallest absolute Gasteiger partial charge is 0.261 e. The lowest BCUT2D eigenvalue weighted by Gasteiger charge is -2.32. The Morgan fingerprint density at radius 2 is 1.45 bits per heavy atom. The van der Waals surface area contributed by atoms with Gasteiger partial charge in [0.25, 0.3) is 5.91 Å². The maximum Gasteiger partial charge on any atom is 0.261 e. The van der Waals surface area contributed by atoms with Crippen molar-refractivity contribution in [3.05, 3.63) is 102 Å². The van der Waals surface area contributed by atoms with E-state index in [1.54, 1.807) is 4.90 Å². The van der Waals surface area contributed by atoms with Gasteiger partial charge in [-0.2, -0.15) is 0 Å². The number of benzene rings is 3. The second kappa shape index (κ2) is 12.8. The van der Waals surface area contributed by atoms with E-state index < -0.39 is 6.04 Å². The lowest BCUT2D eigenvalue weighted by Crippen LogP contribution is -2.53. The van der Waals surface area contributed by atoms with E-state index in [1.165, 1.54) is 5.56 Å². The summed E-state index contributed by atoms with van der Waals surface area (Å²) in [4.78, 5) is 29.1. The molecule has 1 fully saturated rings. The number of nitrogens with zero attached hydrogens (tertiary/aromatic N) is 1. The van der Waals surface area contributed by atoms with Crippen LogP contribution >= 0.6 is 0 Å². The molecule has 1 atom stereocenters. The molecule has 3 aromatic carbocycles. The number of ether oxygens (including phenoxy) is 1. The standard InChI is InChI=1S/C33H40N2O3/c1-33(2,3)27-18-20-29(21-19-27)38-24-31(36)35(23-26-14-8-5-9-15-26)30(22-25-12-6-4-7-13-25)32(37)34-28-16-10-11-17-28/h4-9,12-15,18-21,28,30H,10-11,16-17,22-24H2,1-3H3,(H,34,37)/t30-/m1/s1. The molecule has 3 aromatic rings. The first kappa shape index (κ1) is 27.4. The molecule has 0 heterocycles. The monoisotopic (exact) mass is 512 g/mol. The molecule has 1 saturated carbocycles. The average Bonchev–Trinajstić information content (AvgIpc) is 3.43. The highest BCUT2D eigenvalue weighted by molar-refractivity contribution is 5.88. The summed E-state index contributed by atoms with van der Waals surface area (Å²) in [6.45, 7) is 6.69. The number of hydrogen-bond acceptors (Lipinski definition) is 3. The molecule has 2 amide bonds. The van der Waals surface area contributed by atoms with E-state index in [-0.39, 0.29) is 29.9 Å². The van der Waals surface area contributed by atoms with Crippen LogP contribution in [0.3, 0.4) is 0 Å². The van der Waals surface area contributed by atoms with Crippen LogP contribution in [0.5, 0.6) is 5.75 Å². The molecule has 0 radical (unpaired) electrons. The van der Waals surface area contributed by atoms with Crippen molar-refractivity contribution >= 4 is 11.8 Å². The maximum atomic E-state index is 13.7. The molecule has 200 valence electrons. The lowest BCUT2D eigenvalue weighted by atomic mass is 9.87. The third kappa shape index (κ3) is 7.70. The fraction of sp³-hybridized carbons (Fsp3) is 0.394. The highest BCUT2D eigenvalue weighted by Gasteiger charge is 2.32. The first-order valence-corrected chi connectivity index (χ1v) is 13.7. The topological polar surface area (TPSA) is 58.6 Å². The van der Waals surface area contributed by atoms with Crippen LogP contribution in [0.1, 0.15) is 63.1 Å². The molecule has 0 unspecified atom stereocenters. The number of nitrogens with one attached hydrogen (secondary N) is 1. The van der Waals surface area contributed by atoms with E-state index in [0.29, 0.717) is 18.7 Å². The Kier molecular flexibility index (Phi) is 9.22. The van der Waals surface area contributed by atoms with Gasteiger partial charge < -0.3 is 15.0 Å². The summed E-state index contributed by atoms with van der Waals surface area (Å²) in [5, 5.41) is 3.24. The van der Waals surface area contributed by atoms with Crippen LogP contribution in [0, 0.1) is 0 Å². The van der Waals surface area contributed by atoms with E-state index in [2.05, 4.69) is 26.1 Å². The van der Waals surface area contributed by atoms with Crippen LogP contribution in [0.25, 0.3) is 0 Å². The predicted octanol–water partition coefficient (Wildman–Crippen LogP) is 6.06. The van der Waals surface area contributed by atoms with E-state index >= 15 is 0 Å². The molecule has 4 rings (SSSR count). The van der Waals surface area contributed by atoms with Gasteiger partial charge in [-0.3, -0.25) is 9.59 Å². The summed E-state index contributed by atoms with van der Waals surface area (Å²) >= 11 is 0. The molecule has 5 nitrogen and oxygen atoms in total. The van der Waals surface area contributed by atoms with Crippen LogP contribution in [-0.2, 0) is 28.0 Å². The number of hydrogen-bond donors (Lipinski definition) is 1. The maximum absolute atomic E-state index is 13.7. The van der Waals surface area contributed by atoms with Crippen molar-refractivity contribution in [3.8, 4) is 5.75 Å². The molecule has 5 heteroatoms. The summed E-state index contributed by atoms with van der Waals surface area (Å²) in [6.07, 6.45) is 4.68. The van der Waals surface area contributed by atoms with Crippen molar-refractivity contribution < 1.29 is 14.3 Å². The third-order valence-electron chi connectivity index (χ3n) is 7.25. The SMILES string of the molecule is CC(C)(C)c1ccc(OCC(=O)N(Cc2ccccc2)[C@H](Cc2ccccc2)C(=O)NC2CCCC2)cc1. The van der Waals surface area contributed by atoms with Gasteiger partial charge in [-0.05, 0) is 47.1 Å². The van der Waals surface area contributed by atoms with Crippen molar-refractivity contribution in [1.82, 2.24) is 10.2 Å². The zero-order valence-electron chi connectivity index (χ0n) is 22.9. The minimum atomic E-state index is -0.641. The normalized spacial score (nSPS) is 14.6. The van der Waals surface area contributed by atoms with Gasteiger partial charge in [-0.15, -0.1) is 0 Å². The van der Waals surface area contributed by atoms with Gasteiger partial charge >= 0.3 is 0 Å². The molecule has 0 aliphatic heterocycles. The minimum absolute atomic E-state index is 0.0399. The van der Waals surface area contributed by atoms with E-state index in [4.69, 9.17) is 4.74 Å².